The smallest absolute Gasteiger partial charge is 0.157 e. The van der Waals surface area contributed by atoms with E-state index >= 15 is 0 Å². The van der Waals surface area contributed by atoms with Crippen molar-refractivity contribution < 1.29 is 9.53 Å². The van der Waals surface area contributed by atoms with E-state index in [0.29, 0.717) is 0 Å². The minimum atomic E-state index is -0.321. The van der Waals surface area contributed by atoms with Gasteiger partial charge in [0.1, 0.15) is 5.22 Å². The maximum Gasteiger partial charge on any atom is 0.157 e. The second-order valence-electron chi connectivity index (χ2n) is 3.09. The van der Waals surface area contributed by atoms with Crippen LogP contribution in [0.15, 0.2) is 0 Å². The van der Waals surface area contributed by atoms with Crippen molar-refractivity contribution in [2.75, 3.05) is 6.61 Å². The predicted octanol–water partition coefficient (Wildman–Crippen LogP) is -0.162. The molecule has 0 spiro atoms. The molecule has 0 saturated carbocycles. The number of carbonyl (C=O) groups is 1. The van der Waals surface area contributed by atoms with Crippen LogP contribution in [0, 0.1) is 0 Å². The predicted molar refractivity (Wildman–Crippen MR) is 43.2 cm³/mol. The Morgan fingerprint density at radius 3 is 2.60 bits per heavy atom. The number of Topliss-reactive ketones (excluding diaryl/α,β-unsaturated/α-hetero) is 1. The molecular formula is C7H14O2Si. The summed E-state index contributed by atoms with van der Waals surface area (Å²) in [4.78, 5) is 11.0. The van der Waals surface area contributed by atoms with Crippen molar-refractivity contribution in [3.05, 3.63) is 0 Å². The van der Waals surface area contributed by atoms with E-state index in [9.17, 15) is 4.79 Å². The summed E-state index contributed by atoms with van der Waals surface area (Å²) >= 11 is 0. The van der Waals surface area contributed by atoms with Gasteiger partial charge in [0.2, 0.25) is 0 Å². The van der Waals surface area contributed by atoms with Crippen LogP contribution in [-0.2, 0) is 9.53 Å². The molecule has 1 atom stereocenters. The summed E-state index contributed by atoms with van der Waals surface area (Å²) in [5, 5.41) is -0.321. The van der Waals surface area contributed by atoms with E-state index < -0.39 is 0 Å². The van der Waals surface area contributed by atoms with Crippen LogP contribution >= 0.6 is 0 Å². The summed E-state index contributed by atoms with van der Waals surface area (Å²) in [7, 11) is 0.843. The highest BCUT2D eigenvalue weighted by Gasteiger charge is 2.31. The summed E-state index contributed by atoms with van der Waals surface area (Å²) in [5.74, 6) is 0.221. The quantitative estimate of drug-likeness (QED) is 0.496. The van der Waals surface area contributed by atoms with Gasteiger partial charge in [0.15, 0.2) is 5.78 Å². The van der Waals surface area contributed by atoms with Crippen LogP contribution < -0.4 is 0 Å². The van der Waals surface area contributed by atoms with Gasteiger partial charge < -0.3 is 4.74 Å². The third kappa shape index (κ3) is 1.46. The number of hydrogen-bond donors (Lipinski definition) is 0. The Morgan fingerprint density at radius 1 is 1.60 bits per heavy atom. The lowest BCUT2D eigenvalue weighted by Crippen LogP contribution is -2.43. The van der Waals surface area contributed by atoms with E-state index in [1.165, 1.54) is 0 Å². The molecule has 3 heteroatoms. The number of ketones is 1. The average Bonchev–Trinajstić information content (AvgIpc) is 1.89. The third-order valence-corrected chi connectivity index (χ3v) is 3.71. The van der Waals surface area contributed by atoms with Crippen LogP contribution in [0.4, 0.5) is 0 Å². The monoisotopic (exact) mass is 158 g/mol. The largest absolute Gasteiger partial charge is 0.372 e. The molecule has 1 saturated heterocycles. The Hall–Kier alpha value is -0.153. The fourth-order valence-corrected chi connectivity index (χ4v) is 1.77. The first kappa shape index (κ1) is 7.95. The summed E-state index contributed by atoms with van der Waals surface area (Å²) in [5.41, 5.74) is 0. The van der Waals surface area contributed by atoms with Crippen LogP contribution in [0.2, 0.25) is 0 Å². The first-order chi connectivity index (χ1) is 4.65. The maximum atomic E-state index is 11.0. The zero-order valence-electron chi connectivity index (χ0n) is 6.64. The van der Waals surface area contributed by atoms with Gasteiger partial charge in [-0.3, -0.25) is 4.79 Å². The Labute approximate surface area is 64.4 Å². The summed E-state index contributed by atoms with van der Waals surface area (Å²) < 4.78 is 5.44. The molecule has 2 nitrogen and oxygen atoms in total. The number of carbonyl (C=O) groups excluding carboxylic acids is 1. The van der Waals surface area contributed by atoms with E-state index in [2.05, 4.69) is 0 Å². The molecule has 0 radical (unpaired) electrons. The van der Waals surface area contributed by atoms with Gasteiger partial charge in [0.05, 0.1) is 10.2 Å². The number of rotatable bonds is 1. The van der Waals surface area contributed by atoms with Crippen molar-refractivity contribution in [3.63, 3.8) is 0 Å². The zero-order valence-corrected chi connectivity index (χ0v) is 8.64. The minimum Gasteiger partial charge on any atom is -0.372 e. The van der Waals surface area contributed by atoms with Gasteiger partial charge in [-0.25, -0.2) is 0 Å². The molecule has 0 N–H and O–H groups in total. The van der Waals surface area contributed by atoms with Gasteiger partial charge in [0.25, 0.3) is 0 Å². The Morgan fingerprint density at radius 2 is 2.30 bits per heavy atom. The van der Waals surface area contributed by atoms with Crippen LogP contribution in [0.3, 0.4) is 0 Å². The minimum absolute atomic E-state index is 0.221. The fraction of sp³-hybridized carbons (Fsp3) is 0.857. The molecule has 1 unspecified atom stereocenters. The Bertz CT molecular complexity index is 139. The van der Waals surface area contributed by atoms with Gasteiger partial charge in [-0.2, -0.15) is 0 Å². The number of ether oxygens (including phenoxy) is 1. The van der Waals surface area contributed by atoms with Gasteiger partial charge in [-0.15, -0.1) is 0 Å². The first-order valence-electron chi connectivity index (χ1n) is 3.80. The van der Waals surface area contributed by atoms with Gasteiger partial charge in [-0.05, 0) is 26.2 Å². The van der Waals surface area contributed by atoms with Gasteiger partial charge >= 0.3 is 0 Å². The molecule has 10 heavy (non-hydrogen) atoms. The first-order valence-corrected chi connectivity index (χ1v) is 4.80. The van der Waals surface area contributed by atoms with Crippen LogP contribution in [0.25, 0.3) is 0 Å². The number of hydrogen-bond acceptors (Lipinski definition) is 2. The molecule has 58 valence electrons. The van der Waals surface area contributed by atoms with Crippen molar-refractivity contribution in [2.24, 2.45) is 0 Å². The van der Waals surface area contributed by atoms with Crippen molar-refractivity contribution in [3.8, 4) is 0 Å². The van der Waals surface area contributed by atoms with E-state index in [-0.39, 0.29) is 11.0 Å². The maximum absolute atomic E-state index is 11.0. The molecule has 1 heterocycles. The van der Waals surface area contributed by atoms with Crippen LogP contribution in [-0.4, -0.2) is 27.9 Å². The third-order valence-electron chi connectivity index (χ3n) is 2.21. The molecule has 0 aromatic carbocycles. The lowest BCUT2D eigenvalue weighted by Gasteiger charge is -2.31. The molecule has 1 rings (SSSR count). The molecule has 0 aromatic rings. The molecule has 0 amide bonds. The molecule has 1 aliphatic heterocycles. The topological polar surface area (TPSA) is 26.3 Å². The average molecular weight is 158 g/mol. The highest BCUT2D eigenvalue weighted by Crippen LogP contribution is 2.21. The van der Waals surface area contributed by atoms with E-state index in [0.717, 1.165) is 36.1 Å². The van der Waals surface area contributed by atoms with Gasteiger partial charge in [0, 0.05) is 6.61 Å². The molecule has 1 fully saturated rings. The van der Waals surface area contributed by atoms with Crippen LogP contribution in [0.5, 0.6) is 0 Å². The summed E-state index contributed by atoms with van der Waals surface area (Å²) in [6, 6.07) is 0. The highest BCUT2D eigenvalue weighted by molar-refractivity contribution is 6.27. The standard InChI is InChI=1S/C7H14O2Si/c1-6(8)7(10)4-2-3-5-9-7/h2-5H2,1,10H3. The van der Waals surface area contributed by atoms with Crippen molar-refractivity contribution in [1.29, 1.82) is 0 Å². The molecule has 0 aliphatic carbocycles. The van der Waals surface area contributed by atoms with E-state index in [4.69, 9.17) is 4.74 Å². The summed E-state index contributed by atoms with van der Waals surface area (Å²) in [6.07, 6.45) is 3.23. The fourth-order valence-electron chi connectivity index (χ4n) is 1.21. The second kappa shape index (κ2) is 2.84. The summed E-state index contributed by atoms with van der Waals surface area (Å²) in [6.45, 7) is 2.42. The van der Waals surface area contributed by atoms with Crippen LogP contribution in [0.1, 0.15) is 26.2 Å². The van der Waals surface area contributed by atoms with E-state index in [1.807, 2.05) is 0 Å². The molecule has 0 bridgehead atoms. The lowest BCUT2D eigenvalue weighted by atomic mass is 10.1. The molecule has 0 aromatic heterocycles. The zero-order chi connectivity index (χ0) is 7.61. The Balaban J connectivity index is 2.56. The lowest BCUT2D eigenvalue weighted by molar-refractivity contribution is -0.136. The van der Waals surface area contributed by atoms with Crippen molar-refractivity contribution >= 4 is 16.0 Å². The van der Waals surface area contributed by atoms with Crippen molar-refractivity contribution in [1.82, 2.24) is 0 Å². The Kier molecular flexibility index (Phi) is 2.26. The van der Waals surface area contributed by atoms with Crippen molar-refractivity contribution in [2.45, 2.75) is 31.4 Å². The molecular weight excluding hydrogens is 144 g/mol. The molecule has 1 aliphatic rings. The van der Waals surface area contributed by atoms with Gasteiger partial charge in [-0.1, -0.05) is 0 Å². The highest BCUT2D eigenvalue weighted by atomic mass is 28.1. The normalized spacial score (nSPS) is 34.1. The SMILES string of the molecule is CC(=O)C1([SiH3])CCCCO1. The second-order valence-corrected chi connectivity index (χ2v) is 4.71. The van der Waals surface area contributed by atoms with E-state index in [1.54, 1.807) is 6.92 Å².